The van der Waals surface area contributed by atoms with Gasteiger partial charge in [-0.05, 0) is 62.6 Å². The van der Waals surface area contributed by atoms with Crippen LogP contribution in [0.25, 0.3) is 0 Å². The Morgan fingerprint density at radius 1 is 0.889 bits per heavy atom. The van der Waals surface area contributed by atoms with Crippen LogP contribution in [0.1, 0.15) is 22.3 Å². The van der Waals surface area contributed by atoms with Gasteiger partial charge in [-0.25, -0.2) is 0 Å². The van der Waals surface area contributed by atoms with Crippen LogP contribution in [0.3, 0.4) is 0 Å². The normalized spacial score (nSPS) is 11.8. The third-order valence-corrected chi connectivity index (χ3v) is 4.56. The van der Waals surface area contributed by atoms with Crippen LogP contribution in [0.2, 0.25) is 5.02 Å². The third-order valence-electron chi connectivity index (χ3n) is 4.33. The van der Waals surface area contributed by atoms with Crippen molar-refractivity contribution >= 4 is 34.8 Å². The highest BCUT2D eigenvalue weighted by Crippen LogP contribution is 2.21. The van der Waals surface area contributed by atoms with Gasteiger partial charge in [-0.3, -0.25) is 9.59 Å². The molecule has 144 valence electrons. The molecule has 0 bridgehead atoms. The summed E-state index contributed by atoms with van der Waals surface area (Å²) in [6.45, 7) is 8.28. The lowest BCUT2D eigenvalue weighted by Gasteiger charge is -2.16. The number of hydrogen-bond donors (Lipinski definition) is 3. The number of carbonyl (C=O) groups excluding carboxylic acids is 2. The van der Waals surface area contributed by atoms with Gasteiger partial charge in [0.15, 0.2) is 13.1 Å². The van der Waals surface area contributed by atoms with Gasteiger partial charge < -0.3 is 15.5 Å². The molecule has 0 saturated heterocycles. The molecular weight excluding hydrogens is 362 g/mol. The van der Waals surface area contributed by atoms with Gasteiger partial charge in [0, 0.05) is 16.4 Å². The molecule has 0 saturated carbocycles. The van der Waals surface area contributed by atoms with Crippen LogP contribution >= 0.6 is 11.6 Å². The Hall–Kier alpha value is -2.37. The number of aryl methyl sites for hydroxylation is 4. The molecule has 0 aliphatic carbocycles. The van der Waals surface area contributed by atoms with Crippen molar-refractivity contribution in [3.05, 3.63) is 57.6 Å². The summed E-state index contributed by atoms with van der Waals surface area (Å²) in [5, 5.41) is 6.47. The summed E-state index contributed by atoms with van der Waals surface area (Å²) in [7, 11) is 1.82. The number of amides is 2. The van der Waals surface area contributed by atoms with E-state index in [1.807, 2.05) is 46.9 Å². The van der Waals surface area contributed by atoms with Crippen molar-refractivity contribution < 1.29 is 14.5 Å². The van der Waals surface area contributed by atoms with Crippen LogP contribution in [-0.4, -0.2) is 32.0 Å². The predicted octanol–water partition coefficient (Wildman–Crippen LogP) is 2.67. The molecule has 0 aliphatic heterocycles. The lowest BCUT2D eigenvalue weighted by Crippen LogP contribution is -3.11. The van der Waals surface area contributed by atoms with E-state index >= 15 is 0 Å². The number of quaternary nitrogens is 1. The molecule has 0 spiro atoms. The van der Waals surface area contributed by atoms with Gasteiger partial charge in [-0.2, -0.15) is 0 Å². The molecule has 2 aromatic rings. The molecule has 2 aromatic carbocycles. The zero-order valence-electron chi connectivity index (χ0n) is 16.5. The van der Waals surface area contributed by atoms with Gasteiger partial charge in [0.05, 0.1) is 7.05 Å². The molecular formula is C21H27ClN3O2+. The van der Waals surface area contributed by atoms with E-state index in [1.54, 1.807) is 18.2 Å². The average molecular weight is 389 g/mol. The fourth-order valence-electron chi connectivity index (χ4n) is 3.13. The Morgan fingerprint density at radius 3 is 2.00 bits per heavy atom. The maximum atomic E-state index is 12.4. The first-order chi connectivity index (χ1) is 12.7. The first-order valence-electron chi connectivity index (χ1n) is 8.90. The van der Waals surface area contributed by atoms with Crippen molar-refractivity contribution in [3.8, 4) is 0 Å². The van der Waals surface area contributed by atoms with Crippen LogP contribution in [0, 0.1) is 27.7 Å². The lowest BCUT2D eigenvalue weighted by molar-refractivity contribution is -0.862. The summed E-state index contributed by atoms with van der Waals surface area (Å²) < 4.78 is 0. The molecule has 0 fully saturated rings. The zero-order chi connectivity index (χ0) is 20.1. The van der Waals surface area contributed by atoms with Gasteiger partial charge >= 0.3 is 0 Å². The highest BCUT2D eigenvalue weighted by Gasteiger charge is 2.16. The van der Waals surface area contributed by atoms with Crippen LogP contribution in [0.15, 0.2) is 30.3 Å². The first-order valence-corrected chi connectivity index (χ1v) is 9.28. The lowest BCUT2D eigenvalue weighted by atomic mass is 10.1. The van der Waals surface area contributed by atoms with Crippen molar-refractivity contribution in [1.82, 2.24) is 0 Å². The molecule has 0 radical (unpaired) electrons. The minimum absolute atomic E-state index is 0.113. The van der Waals surface area contributed by atoms with Gasteiger partial charge in [-0.15, -0.1) is 0 Å². The van der Waals surface area contributed by atoms with Crippen LogP contribution in [0.5, 0.6) is 0 Å². The maximum Gasteiger partial charge on any atom is 0.279 e. The van der Waals surface area contributed by atoms with E-state index < -0.39 is 0 Å². The summed E-state index contributed by atoms with van der Waals surface area (Å²) in [5.41, 5.74) is 5.72. The van der Waals surface area contributed by atoms with Gasteiger partial charge in [0.2, 0.25) is 0 Å². The van der Waals surface area contributed by atoms with Crippen molar-refractivity contribution in [1.29, 1.82) is 0 Å². The molecule has 27 heavy (non-hydrogen) atoms. The summed E-state index contributed by atoms with van der Waals surface area (Å²) in [6.07, 6.45) is 0. The van der Waals surface area contributed by atoms with Crippen molar-refractivity contribution in [2.24, 2.45) is 0 Å². The molecule has 2 amide bonds. The second-order valence-corrected chi connectivity index (χ2v) is 7.58. The molecule has 6 heteroatoms. The number of nitrogens with one attached hydrogen (secondary N) is 3. The number of hydrogen-bond acceptors (Lipinski definition) is 2. The fourth-order valence-corrected chi connectivity index (χ4v) is 3.36. The Labute approximate surface area is 165 Å². The van der Waals surface area contributed by atoms with E-state index in [9.17, 15) is 9.59 Å². The monoisotopic (exact) mass is 388 g/mol. The minimum Gasteiger partial charge on any atom is -0.322 e. The van der Waals surface area contributed by atoms with E-state index in [4.69, 9.17) is 11.6 Å². The number of rotatable bonds is 6. The molecule has 0 heterocycles. The highest BCUT2D eigenvalue weighted by molar-refractivity contribution is 6.30. The molecule has 2 rings (SSSR count). The number of halogens is 1. The number of benzene rings is 2. The summed E-state index contributed by atoms with van der Waals surface area (Å²) in [5.74, 6) is -0.258. The maximum absolute atomic E-state index is 12.4. The van der Waals surface area contributed by atoms with Gasteiger partial charge in [-0.1, -0.05) is 29.3 Å². The van der Waals surface area contributed by atoms with Gasteiger partial charge in [0.25, 0.3) is 11.8 Å². The summed E-state index contributed by atoms with van der Waals surface area (Å²) >= 11 is 5.93. The topological polar surface area (TPSA) is 62.6 Å². The van der Waals surface area contributed by atoms with E-state index in [0.717, 1.165) is 33.0 Å². The van der Waals surface area contributed by atoms with Crippen molar-refractivity contribution in [3.63, 3.8) is 0 Å². The molecule has 3 N–H and O–H groups in total. The molecule has 0 aliphatic rings. The highest BCUT2D eigenvalue weighted by atomic mass is 35.5. The quantitative estimate of drug-likeness (QED) is 0.712. The second kappa shape index (κ2) is 9.02. The molecule has 5 nitrogen and oxygen atoms in total. The SMILES string of the molecule is Cc1cc(C)c(NC(=O)C[NH+](C)CC(=O)Nc2ccc(Cl)cc2C)c(C)c1. The van der Waals surface area contributed by atoms with E-state index in [0.29, 0.717) is 5.02 Å². The Morgan fingerprint density at radius 2 is 1.44 bits per heavy atom. The Bertz CT molecular complexity index is 841. The zero-order valence-corrected chi connectivity index (χ0v) is 17.3. The Kier molecular flexibility index (Phi) is 6.99. The summed E-state index contributed by atoms with van der Waals surface area (Å²) in [6, 6.07) is 9.40. The largest absolute Gasteiger partial charge is 0.322 e. The number of likely N-dealkylation sites (N-methyl/N-ethyl adjacent to an activating group) is 1. The van der Waals surface area contributed by atoms with Crippen LogP contribution < -0.4 is 15.5 Å². The Balaban J connectivity index is 1.90. The predicted molar refractivity (Wildman–Crippen MR) is 111 cm³/mol. The van der Waals surface area contributed by atoms with E-state index in [1.165, 1.54) is 5.56 Å². The van der Waals surface area contributed by atoms with Crippen molar-refractivity contribution in [2.75, 3.05) is 30.8 Å². The average Bonchev–Trinajstić information content (AvgIpc) is 2.53. The smallest absolute Gasteiger partial charge is 0.279 e. The second-order valence-electron chi connectivity index (χ2n) is 7.14. The summed E-state index contributed by atoms with van der Waals surface area (Å²) in [4.78, 5) is 25.4. The van der Waals surface area contributed by atoms with Crippen LogP contribution in [0.4, 0.5) is 11.4 Å². The van der Waals surface area contributed by atoms with E-state index in [-0.39, 0.29) is 24.9 Å². The van der Waals surface area contributed by atoms with Gasteiger partial charge in [0.1, 0.15) is 0 Å². The number of carbonyl (C=O) groups is 2. The third kappa shape index (κ3) is 6.08. The standard InChI is InChI=1S/C21H26ClN3O2/c1-13-8-15(3)21(16(4)9-13)24-20(27)12-25(5)11-19(26)23-18-7-6-17(22)10-14(18)2/h6-10H,11-12H2,1-5H3,(H,23,26)(H,24,27)/p+1. The molecule has 1 unspecified atom stereocenters. The fraction of sp³-hybridized carbons (Fsp3) is 0.333. The first kappa shape index (κ1) is 20.9. The van der Waals surface area contributed by atoms with Crippen LogP contribution in [-0.2, 0) is 9.59 Å². The molecule has 0 aromatic heterocycles. The minimum atomic E-state index is -0.145. The number of anilines is 2. The van der Waals surface area contributed by atoms with E-state index in [2.05, 4.69) is 10.6 Å². The molecule has 1 atom stereocenters. The van der Waals surface area contributed by atoms with Crippen molar-refractivity contribution in [2.45, 2.75) is 27.7 Å².